The molecular weight excluding hydrogens is 320 g/mol. The number of carbonyl (C=O) groups is 4. The van der Waals surface area contributed by atoms with Crippen LogP contribution in [0.15, 0.2) is 24.3 Å². The third-order valence-electron chi connectivity index (χ3n) is 3.22. The number of carboxylic acid groups (broad SMARTS) is 1. The molecular formula is C15H16N2O5S. The van der Waals surface area contributed by atoms with Gasteiger partial charge in [0, 0.05) is 13.1 Å². The third-order valence-corrected chi connectivity index (χ3v) is 4.13. The molecule has 3 amide bonds. The molecule has 0 aliphatic carbocycles. The molecule has 2 rings (SSSR count). The number of hydrogen-bond donors (Lipinski definition) is 2. The molecule has 122 valence electrons. The number of nitrogens with one attached hydrogen (secondary N) is 1. The molecule has 1 aromatic rings. The number of imide groups is 1. The van der Waals surface area contributed by atoms with Crippen LogP contribution >= 0.6 is 11.8 Å². The maximum Gasteiger partial charge on any atom is 0.313 e. The Kier molecular flexibility index (Phi) is 5.75. The molecule has 0 bridgehead atoms. The van der Waals surface area contributed by atoms with Crippen molar-refractivity contribution in [1.82, 2.24) is 10.2 Å². The first-order chi connectivity index (χ1) is 11.0. The van der Waals surface area contributed by atoms with E-state index in [2.05, 4.69) is 5.32 Å². The van der Waals surface area contributed by atoms with Crippen LogP contribution < -0.4 is 5.32 Å². The normalized spacial score (nSPS) is 13.1. The highest BCUT2D eigenvalue weighted by molar-refractivity contribution is 8.00. The molecule has 7 nitrogen and oxygen atoms in total. The van der Waals surface area contributed by atoms with Crippen molar-refractivity contribution >= 4 is 35.5 Å². The van der Waals surface area contributed by atoms with Gasteiger partial charge in [-0.2, -0.15) is 0 Å². The molecule has 1 heterocycles. The summed E-state index contributed by atoms with van der Waals surface area (Å²) in [6.45, 7) is 0.550. The summed E-state index contributed by atoms with van der Waals surface area (Å²) in [5.74, 6) is -1.91. The van der Waals surface area contributed by atoms with Gasteiger partial charge in [0.1, 0.15) is 0 Å². The summed E-state index contributed by atoms with van der Waals surface area (Å²) in [7, 11) is 0. The molecule has 1 aliphatic heterocycles. The highest BCUT2D eigenvalue weighted by atomic mass is 32.2. The Hall–Kier alpha value is -2.35. The van der Waals surface area contributed by atoms with Crippen LogP contribution in [0, 0.1) is 0 Å². The number of carboxylic acids is 1. The van der Waals surface area contributed by atoms with Crippen molar-refractivity contribution in [1.29, 1.82) is 0 Å². The van der Waals surface area contributed by atoms with Crippen molar-refractivity contribution in [2.75, 3.05) is 24.6 Å². The van der Waals surface area contributed by atoms with Crippen molar-refractivity contribution in [2.24, 2.45) is 0 Å². The molecule has 23 heavy (non-hydrogen) atoms. The number of hydrogen-bond acceptors (Lipinski definition) is 5. The minimum Gasteiger partial charge on any atom is -0.481 e. The Morgan fingerprint density at radius 2 is 1.70 bits per heavy atom. The molecule has 1 aliphatic rings. The number of aliphatic carboxylic acids is 1. The summed E-state index contributed by atoms with van der Waals surface area (Å²) < 4.78 is 0. The van der Waals surface area contributed by atoms with E-state index in [1.165, 1.54) is 4.90 Å². The second-order valence-electron chi connectivity index (χ2n) is 4.90. The van der Waals surface area contributed by atoms with Crippen LogP contribution in [0.3, 0.4) is 0 Å². The lowest BCUT2D eigenvalue weighted by Gasteiger charge is -2.13. The molecule has 0 aromatic heterocycles. The van der Waals surface area contributed by atoms with Gasteiger partial charge in [-0.3, -0.25) is 24.1 Å². The van der Waals surface area contributed by atoms with E-state index in [1.54, 1.807) is 24.3 Å². The lowest BCUT2D eigenvalue weighted by molar-refractivity contribution is -0.133. The average Bonchev–Trinajstić information content (AvgIpc) is 2.76. The Morgan fingerprint density at radius 3 is 2.26 bits per heavy atom. The summed E-state index contributed by atoms with van der Waals surface area (Å²) in [6, 6.07) is 6.67. The first-order valence-corrected chi connectivity index (χ1v) is 8.17. The number of rotatable bonds is 8. The molecule has 0 saturated carbocycles. The first kappa shape index (κ1) is 17.0. The summed E-state index contributed by atoms with van der Waals surface area (Å²) in [5, 5.41) is 11.1. The fourth-order valence-electron chi connectivity index (χ4n) is 2.19. The van der Waals surface area contributed by atoms with E-state index in [9.17, 15) is 19.2 Å². The molecule has 0 spiro atoms. The lowest BCUT2D eigenvalue weighted by atomic mass is 10.1. The highest BCUT2D eigenvalue weighted by Crippen LogP contribution is 2.22. The Labute approximate surface area is 137 Å². The van der Waals surface area contributed by atoms with Crippen molar-refractivity contribution in [3.63, 3.8) is 0 Å². The Balaban J connectivity index is 1.71. The van der Waals surface area contributed by atoms with E-state index in [1.807, 2.05) is 0 Å². The number of thioether (sulfide) groups is 1. The number of fused-ring (bicyclic) bond motifs is 1. The van der Waals surface area contributed by atoms with Gasteiger partial charge in [0.25, 0.3) is 11.8 Å². The van der Waals surface area contributed by atoms with E-state index < -0.39 is 5.97 Å². The largest absolute Gasteiger partial charge is 0.481 e. The van der Waals surface area contributed by atoms with Gasteiger partial charge in [-0.1, -0.05) is 12.1 Å². The SMILES string of the molecule is O=C(O)CSCC(=O)NCCCN1C(=O)c2ccccc2C1=O. The van der Waals surface area contributed by atoms with Gasteiger partial charge in [-0.05, 0) is 18.6 Å². The minimum absolute atomic E-state index is 0.0688. The molecule has 0 atom stereocenters. The third kappa shape index (κ3) is 4.32. The fraction of sp³-hybridized carbons (Fsp3) is 0.333. The van der Waals surface area contributed by atoms with E-state index >= 15 is 0 Å². The Bertz CT molecular complexity index is 612. The van der Waals surface area contributed by atoms with E-state index in [0.717, 1.165) is 11.8 Å². The van der Waals surface area contributed by atoms with Gasteiger partial charge in [-0.15, -0.1) is 11.8 Å². The molecule has 0 fully saturated rings. The monoisotopic (exact) mass is 336 g/mol. The van der Waals surface area contributed by atoms with Gasteiger partial charge < -0.3 is 10.4 Å². The van der Waals surface area contributed by atoms with Crippen LogP contribution in [0.4, 0.5) is 0 Å². The first-order valence-electron chi connectivity index (χ1n) is 7.02. The van der Waals surface area contributed by atoms with Crippen molar-refractivity contribution < 1.29 is 24.3 Å². The van der Waals surface area contributed by atoms with E-state index in [0.29, 0.717) is 24.1 Å². The van der Waals surface area contributed by atoms with E-state index in [4.69, 9.17) is 5.11 Å². The van der Waals surface area contributed by atoms with Crippen LogP contribution in [0.2, 0.25) is 0 Å². The molecule has 0 saturated heterocycles. The summed E-state index contributed by atoms with van der Waals surface area (Å²) in [4.78, 5) is 47.2. The van der Waals surface area contributed by atoms with Gasteiger partial charge in [0.2, 0.25) is 5.91 Å². The van der Waals surface area contributed by atoms with E-state index in [-0.39, 0.29) is 35.8 Å². The minimum atomic E-state index is -0.964. The van der Waals surface area contributed by atoms with Gasteiger partial charge in [0.15, 0.2) is 0 Å². The van der Waals surface area contributed by atoms with Crippen LogP contribution in [0.5, 0.6) is 0 Å². The average molecular weight is 336 g/mol. The number of amides is 3. The number of benzene rings is 1. The number of carbonyl (C=O) groups excluding carboxylic acids is 3. The fourth-order valence-corrected chi connectivity index (χ4v) is 2.75. The molecule has 8 heteroatoms. The topological polar surface area (TPSA) is 104 Å². The predicted molar refractivity (Wildman–Crippen MR) is 84.4 cm³/mol. The molecule has 0 radical (unpaired) electrons. The van der Waals surface area contributed by atoms with Crippen LogP contribution in [0.25, 0.3) is 0 Å². The summed E-state index contributed by atoms with van der Waals surface area (Å²) in [6.07, 6.45) is 0.445. The maximum atomic E-state index is 12.1. The van der Waals surface area contributed by atoms with Crippen molar-refractivity contribution in [2.45, 2.75) is 6.42 Å². The van der Waals surface area contributed by atoms with Gasteiger partial charge in [-0.25, -0.2) is 0 Å². The Morgan fingerprint density at radius 1 is 1.09 bits per heavy atom. The zero-order valence-corrected chi connectivity index (χ0v) is 13.1. The summed E-state index contributed by atoms with van der Waals surface area (Å²) >= 11 is 1.01. The smallest absolute Gasteiger partial charge is 0.313 e. The molecule has 2 N–H and O–H groups in total. The molecule has 1 aromatic carbocycles. The molecule has 0 unspecified atom stereocenters. The highest BCUT2D eigenvalue weighted by Gasteiger charge is 2.34. The second-order valence-corrected chi connectivity index (χ2v) is 5.88. The number of nitrogens with zero attached hydrogens (tertiary/aromatic N) is 1. The summed E-state index contributed by atoms with van der Waals surface area (Å²) in [5.41, 5.74) is 0.818. The van der Waals surface area contributed by atoms with Crippen molar-refractivity contribution in [3.8, 4) is 0 Å². The quantitative estimate of drug-likeness (QED) is 0.532. The van der Waals surface area contributed by atoms with Crippen LogP contribution in [-0.2, 0) is 9.59 Å². The van der Waals surface area contributed by atoms with Gasteiger partial charge >= 0.3 is 5.97 Å². The predicted octanol–water partition coefficient (Wildman–Crippen LogP) is 0.607. The van der Waals surface area contributed by atoms with Crippen molar-refractivity contribution in [3.05, 3.63) is 35.4 Å². The van der Waals surface area contributed by atoms with Crippen LogP contribution in [-0.4, -0.2) is 58.3 Å². The van der Waals surface area contributed by atoms with Crippen LogP contribution in [0.1, 0.15) is 27.1 Å². The second kappa shape index (κ2) is 7.77. The van der Waals surface area contributed by atoms with Gasteiger partial charge in [0.05, 0.1) is 22.6 Å². The standard InChI is InChI=1S/C15H16N2O5S/c18-12(8-23-9-13(19)20)16-6-3-7-17-14(21)10-4-1-2-5-11(10)15(17)22/h1-2,4-5H,3,6-9H2,(H,16,18)(H,19,20). The zero-order valence-electron chi connectivity index (χ0n) is 12.3. The maximum absolute atomic E-state index is 12.1. The lowest BCUT2D eigenvalue weighted by Crippen LogP contribution is -2.34. The zero-order chi connectivity index (χ0) is 16.8.